The van der Waals surface area contributed by atoms with Gasteiger partial charge in [0.05, 0.1) is 13.2 Å². The molecule has 2 N–H and O–H groups in total. The molecule has 0 radical (unpaired) electrons. The van der Waals surface area contributed by atoms with Crippen LogP contribution in [0.5, 0.6) is 5.88 Å². The number of rotatable bonds is 5. The largest absolute Gasteiger partial charge is 0.477 e. The van der Waals surface area contributed by atoms with Crippen molar-refractivity contribution in [3.05, 3.63) is 46.1 Å². The van der Waals surface area contributed by atoms with Crippen molar-refractivity contribution in [3.63, 3.8) is 0 Å². The molecule has 118 valence electrons. The van der Waals surface area contributed by atoms with Gasteiger partial charge in [0.2, 0.25) is 5.88 Å². The predicted molar refractivity (Wildman–Crippen MR) is 78.0 cm³/mol. The van der Waals surface area contributed by atoms with Crippen molar-refractivity contribution in [1.29, 1.82) is 0 Å². The van der Waals surface area contributed by atoms with Crippen LogP contribution in [0.4, 0.5) is 0 Å². The molecule has 0 fully saturated rings. The number of nitrogens with zero attached hydrogens (tertiary/aromatic N) is 5. The molecular weight excluding hydrogens is 302 g/mol. The summed E-state index contributed by atoms with van der Waals surface area (Å²) in [6, 6.07) is 5.98. The lowest BCUT2D eigenvalue weighted by molar-refractivity contribution is 0.0943. The van der Waals surface area contributed by atoms with E-state index in [1.807, 2.05) is 6.92 Å². The average Bonchev–Trinajstić information content (AvgIpc) is 2.96. The summed E-state index contributed by atoms with van der Waals surface area (Å²) in [4.78, 5) is 22.9. The highest BCUT2D eigenvalue weighted by molar-refractivity contribution is 5.91. The highest BCUT2D eigenvalue weighted by atomic mass is 16.5. The van der Waals surface area contributed by atoms with E-state index in [1.165, 1.54) is 16.6 Å². The molecule has 0 aliphatic heterocycles. The lowest BCUT2D eigenvalue weighted by atomic mass is 10.3. The Hall–Kier alpha value is -3.30. The van der Waals surface area contributed by atoms with Crippen molar-refractivity contribution in [2.75, 3.05) is 6.61 Å². The summed E-state index contributed by atoms with van der Waals surface area (Å²) in [7, 11) is 0. The number of aromatic amines is 1. The summed E-state index contributed by atoms with van der Waals surface area (Å²) < 4.78 is 6.82. The summed E-state index contributed by atoms with van der Waals surface area (Å²) in [6.45, 7) is 2.45. The minimum atomic E-state index is -0.445. The van der Waals surface area contributed by atoms with Gasteiger partial charge in [-0.3, -0.25) is 9.59 Å². The summed E-state index contributed by atoms with van der Waals surface area (Å²) in [5.41, 5.74) is 0.263. The van der Waals surface area contributed by atoms with E-state index in [0.29, 0.717) is 24.0 Å². The van der Waals surface area contributed by atoms with Crippen LogP contribution >= 0.6 is 0 Å². The van der Waals surface area contributed by atoms with Crippen LogP contribution in [0.1, 0.15) is 23.2 Å². The summed E-state index contributed by atoms with van der Waals surface area (Å²) in [6.07, 6.45) is 0. The standard InChI is InChI=1S/C13H13N7O3/c1-2-23-12-6-4-9-16-17-10(20(9)19-12)7-14-13(22)8-3-5-11(21)18-15-8/h3-6H,2,7H2,1H3,(H,14,22)(H,18,21). The monoisotopic (exact) mass is 315 g/mol. The molecule has 0 saturated carbocycles. The average molecular weight is 315 g/mol. The zero-order valence-electron chi connectivity index (χ0n) is 12.2. The second-order valence-corrected chi connectivity index (χ2v) is 4.48. The molecule has 0 saturated heterocycles. The number of ether oxygens (including phenoxy) is 1. The van der Waals surface area contributed by atoms with Gasteiger partial charge in [0, 0.05) is 12.1 Å². The van der Waals surface area contributed by atoms with Gasteiger partial charge in [-0.25, -0.2) is 5.10 Å². The number of hydrogen-bond donors (Lipinski definition) is 2. The van der Waals surface area contributed by atoms with Gasteiger partial charge in [-0.05, 0) is 19.1 Å². The molecule has 3 rings (SSSR count). The number of hydrogen-bond acceptors (Lipinski definition) is 7. The number of nitrogens with one attached hydrogen (secondary N) is 2. The van der Waals surface area contributed by atoms with Gasteiger partial charge >= 0.3 is 0 Å². The van der Waals surface area contributed by atoms with Crippen LogP contribution in [0.2, 0.25) is 0 Å². The number of carbonyl (C=O) groups excluding carboxylic acids is 1. The van der Waals surface area contributed by atoms with Gasteiger partial charge < -0.3 is 10.1 Å². The minimum absolute atomic E-state index is 0.0985. The maximum atomic E-state index is 12.0. The molecule has 3 aromatic rings. The van der Waals surface area contributed by atoms with Crippen molar-refractivity contribution in [3.8, 4) is 5.88 Å². The highest BCUT2D eigenvalue weighted by Crippen LogP contribution is 2.09. The lowest BCUT2D eigenvalue weighted by Crippen LogP contribution is -2.26. The zero-order valence-corrected chi connectivity index (χ0v) is 12.2. The van der Waals surface area contributed by atoms with E-state index in [2.05, 4.69) is 30.8 Å². The number of H-pyrrole nitrogens is 1. The Morgan fingerprint density at radius 1 is 1.30 bits per heavy atom. The third-order valence-electron chi connectivity index (χ3n) is 2.91. The zero-order chi connectivity index (χ0) is 16.2. The highest BCUT2D eigenvalue weighted by Gasteiger charge is 2.11. The Labute approximate surface area is 129 Å². The van der Waals surface area contributed by atoms with Gasteiger partial charge in [0.15, 0.2) is 11.5 Å². The number of aromatic nitrogens is 6. The van der Waals surface area contributed by atoms with Gasteiger partial charge in [0.25, 0.3) is 11.5 Å². The number of carbonyl (C=O) groups is 1. The fraction of sp³-hybridized carbons (Fsp3) is 0.231. The van der Waals surface area contributed by atoms with Crippen LogP contribution < -0.4 is 15.6 Å². The van der Waals surface area contributed by atoms with E-state index in [4.69, 9.17) is 4.74 Å². The molecule has 23 heavy (non-hydrogen) atoms. The molecule has 0 atom stereocenters. The van der Waals surface area contributed by atoms with Crippen LogP contribution in [0.3, 0.4) is 0 Å². The fourth-order valence-electron chi connectivity index (χ4n) is 1.87. The van der Waals surface area contributed by atoms with E-state index in [0.717, 1.165) is 0 Å². The van der Waals surface area contributed by atoms with E-state index < -0.39 is 5.91 Å². The Morgan fingerprint density at radius 3 is 2.91 bits per heavy atom. The first kappa shape index (κ1) is 14.6. The number of fused-ring (bicyclic) bond motifs is 1. The fourth-order valence-corrected chi connectivity index (χ4v) is 1.87. The quantitative estimate of drug-likeness (QED) is 0.652. The summed E-state index contributed by atoms with van der Waals surface area (Å²) >= 11 is 0. The van der Waals surface area contributed by atoms with Gasteiger partial charge in [0.1, 0.15) is 5.69 Å². The Bertz CT molecular complexity index is 881. The second kappa shape index (κ2) is 6.22. The third-order valence-corrected chi connectivity index (χ3v) is 2.91. The molecule has 0 spiro atoms. The maximum absolute atomic E-state index is 12.0. The molecule has 0 unspecified atom stereocenters. The van der Waals surface area contributed by atoms with Crippen molar-refractivity contribution < 1.29 is 9.53 Å². The Kier molecular flexibility index (Phi) is 3.95. The van der Waals surface area contributed by atoms with E-state index in [-0.39, 0.29) is 17.8 Å². The van der Waals surface area contributed by atoms with Crippen LogP contribution in [0, 0.1) is 0 Å². The van der Waals surface area contributed by atoms with Crippen LogP contribution in [-0.4, -0.2) is 42.5 Å². The first-order valence-corrected chi connectivity index (χ1v) is 6.85. The maximum Gasteiger partial charge on any atom is 0.272 e. The SMILES string of the molecule is CCOc1ccc2nnc(CNC(=O)c3ccc(=O)[nH]n3)n2n1. The van der Waals surface area contributed by atoms with Crippen LogP contribution in [-0.2, 0) is 6.54 Å². The topological polar surface area (TPSA) is 127 Å². The van der Waals surface area contributed by atoms with E-state index >= 15 is 0 Å². The number of amides is 1. The molecule has 0 bridgehead atoms. The molecule has 10 heteroatoms. The lowest BCUT2D eigenvalue weighted by Gasteiger charge is -2.04. The normalized spacial score (nSPS) is 10.7. The molecule has 0 aliphatic carbocycles. The minimum Gasteiger partial charge on any atom is -0.477 e. The van der Waals surface area contributed by atoms with Gasteiger partial charge in [-0.15, -0.1) is 15.3 Å². The van der Waals surface area contributed by atoms with E-state index in [9.17, 15) is 9.59 Å². The molecule has 0 aromatic carbocycles. The predicted octanol–water partition coefficient (Wildman–Crippen LogP) is -0.464. The molecule has 3 heterocycles. The second-order valence-electron chi connectivity index (χ2n) is 4.48. The molecule has 0 aliphatic rings. The van der Waals surface area contributed by atoms with Crippen molar-refractivity contribution >= 4 is 11.6 Å². The van der Waals surface area contributed by atoms with E-state index in [1.54, 1.807) is 12.1 Å². The Balaban J connectivity index is 1.76. The van der Waals surface area contributed by atoms with Gasteiger partial charge in [-0.1, -0.05) is 0 Å². The first-order valence-electron chi connectivity index (χ1n) is 6.85. The van der Waals surface area contributed by atoms with Crippen LogP contribution in [0.25, 0.3) is 5.65 Å². The molecule has 1 amide bonds. The Morgan fingerprint density at radius 2 is 2.17 bits per heavy atom. The molecular formula is C13H13N7O3. The van der Waals surface area contributed by atoms with Crippen molar-refractivity contribution in [2.24, 2.45) is 0 Å². The smallest absolute Gasteiger partial charge is 0.272 e. The summed E-state index contributed by atoms with van der Waals surface area (Å²) in [5, 5.41) is 20.7. The molecule has 10 nitrogen and oxygen atoms in total. The van der Waals surface area contributed by atoms with Crippen molar-refractivity contribution in [1.82, 2.24) is 35.3 Å². The first-order chi connectivity index (χ1) is 11.2. The van der Waals surface area contributed by atoms with Crippen molar-refractivity contribution in [2.45, 2.75) is 13.5 Å². The van der Waals surface area contributed by atoms with Crippen LogP contribution in [0.15, 0.2) is 29.1 Å². The summed E-state index contributed by atoms with van der Waals surface area (Å²) in [5.74, 6) is 0.438. The molecule has 3 aromatic heterocycles. The van der Waals surface area contributed by atoms with Gasteiger partial charge in [-0.2, -0.15) is 9.61 Å². The third kappa shape index (κ3) is 3.15.